The Morgan fingerprint density at radius 1 is 0.576 bits per heavy atom. The van der Waals surface area contributed by atoms with E-state index in [1.807, 2.05) is 0 Å². The fraction of sp³-hybridized carbons (Fsp3) is 0.963. The van der Waals surface area contributed by atoms with E-state index in [1.54, 1.807) is 0 Å². The van der Waals surface area contributed by atoms with Crippen LogP contribution in [0, 0.1) is 0 Å². The SMILES string of the molecule is CCCCCCCCCCCCCCCCO[C@@H](C)COCCOCCOCCOC(C)=O. The molecule has 0 spiro atoms. The Bertz CT molecular complexity index is 391. The molecule has 0 fully saturated rings. The normalized spacial score (nSPS) is 12.2. The van der Waals surface area contributed by atoms with Crippen LogP contribution in [0.15, 0.2) is 0 Å². The number of hydrogen-bond donors (Lipinski definition) is 0. The van der Waals surface area contributed by atoms with Crippen LogP contribution in [0.3, 0.4) is 0 Å². The summed E-state index contributed by atoms with van der Waals surface area (Å²) in [6, 6.07) is 0. The van der Waals surface area contributed by atoms with Gasteiger partial charge in [-0.3, -0.25) is 4.79 Å². The summed E-state index contributed by atoms with van der Waals surface area (Å²) in [5, 5.41) is 0. The summed E-state index contributed by atoms with van der Waals surface area (Å²) in [6.45, 7) is 9.92. The molecule has 0 rings (SSSR count). The number of carbonyl (C=O) groups is 1. The Morgan fingerprint density at radius 2 is 1.00 bits per heavy atom. The van der Waals surface area contributed by atoms with Crippen LogP contribution in [0.1, 0.15) is 111 Å². The van der Waals surface area contributed by atoms with Crippen molar-refractivity contribution in [1.29, 1.82) is 0 Å². The third kappa shape index (κ3) is 29.3. The fourth-order valence-electron chi connectivity index (χ4n) is 3.56. The van der Waals surface area contributed by atoms with Gasteiger partial charge in [-0.1, -0.05) is 90.4 Å². The quantitative estimate of drug-likeness (QED) is 0.100. The van der Waals surface area contributed by atoms with Crippen molar-refractivity contribution in [2.45, 2.75) is 117 Å². The van der Waals surface area contributed by atoms with Crippen LogP contribution in [-0.2, 0) is 28.5 Å². The minimum absolute atomic E-state index is 0.122. The van der Waals surface area contributed by atoms with Crippen LogP contribution >= 0.6 is 0 Å². The predicted molar refractivity (Wildman–Crippen MR) is 135 cm³/mol. The van der Waals surface area contributed by atoms with E-state index in [0.29, 0.717) is 39.6 Å². The summed E-state index contributed by atoms with van der Waals surface area (Å²) in [5.41, 5.74) is 0. The van der Waals surface area contributed by atoms with Crippen LogP contribution < -0.4 is 0 Å². The number of unbranched alkanes of at least 4 members (excludes halogenated alkanes) is 13. The molecular weight excluding hydrogens is 420 g/mol. The van der Waals surface area contributed by atoms with Gasteiger partial charge < -0.3 is 23.7 Å². The van der Waals surface area contributed by atoms with Crippen molar-refractivity contribution in [2.75, 3.05) is 52.9 Å². The van der Waals surface area contributed by atoms with E-state index in [9.17, 15) is 4.79 Å². The smallest absolute Gasteiger partial charge is 0.302 e. The van der Waals surface area contributed by atoms with Crippen molar-refractivity contribution in [3.63, 3.8) is 0 Å². The average molecular weight is 475 g/mol. The molecule has 0 aromatic heterocycles. The molecule has 198 valence electrons. The lowest BCUT2D eigenvalue weighted by Gasteiger charge is -2.13. The highest BCUT2D eigenvalue weighted by atomic mass is 16.6. The Balaban J connectivity index is 3.15. The van der Waals surface area contributed by atoms with E-state index in [2.05, 4.69) is 13.8 Å². The van der Waals surface area contributed by atoms with Crippen LogP contribution in [0.5, 0.6) is 0 Å². The third-order valence-corrected chi connectivity index (χ3v) is 5.53. The van der Waals surface area contributed by atoms with Gasteiger partial charge in [0.2, 0.25) is 0 Å². The fourth-order valence-corrected chi connectivity index (χ4v) is 3.56. The van der Waals surface area contributed by atoms with Gasteiger partial charge in [0, 0.05) is 13.5 Å². The van der Waals surface area contributed by atoms with E-state index < -0.39 is 0 Å². The summed E-state index contributed by atoms with van der Waals surface area (Å²) >= 11 is 0. The molecule has 0 saturated heterocycles. The first-order chi connectivity index (χ1) is 16.2. The number of esters is 1. The Morgan fingerprint density at radius 3 is 1.48 bits per heavy atom. The van der Waals surface area contributed by atoms with Crippen LogP contribution in [0.2, 0.25) is 0 Å². The summed E-state index contributed by atoms with van der Waals surface area (Å²) in [4.78, 5) is 10.6. The van der Waals surface area contributed by atoms with Crippen LogP contribution in [0.25, 0.3) is 0 Å². The van der Waals surface area contributed by atoms with Gasteiger partial charge in [0.1, 0.15) is 6.61 Å². The average Bonchev–Trinajstić information content (AvgIpc) is 2.79. The molecule has 0 bridgehead atoms. The molecule has 6 nitrogen and oxygen atoms in total. The summed E-state index contributed by atoms with van der Waals surface area (Å²) in [6.07, 6.45) is 19.4. The van der Waals surface area contributed by atoms with Crippen molar-refractivity contribution < 1.29 is 28.5 Å². The predicted octanol–water partition coefficient (Wildman–Crippen LogP) is 6.49. The van der Waals surface area contributed by atoms with Crippen LogP contribution in [0.4, 0.5) is 0 Å². The van der Waals surface area contributed by atoms with Gasteiger partial charge >= 0.3 is 5.97 Å². The van der Waals surface area contributed by atoms with Crippen molar-refractivity contribution in [3.8, 4) is 0 Å². The molecule has 0 saturated carbocycles. The molecule has 0 amide bonds. The van der Waals surface area contributed by atoms with E-state index in [4.69, 9.17) is 23.7 Å². The molecule has 0 radical (unpaired) electrons. The molecule has 0 heterocycles. The van der Waals surface area contributed by atoms with Gasteiger partial charge in [0.15, 0.2) is 0 Å². The second kappa shape index (κ2) is 27.6. The highest BCUT2D eigenvalue weighted by Crippen LogP contribution is 2.13. The maximum absolute atomic E-state index is 10.6. The molecule has 0 aliphatic carbocycles. The van der Waals surface area contributed by atoms with Gasteiger partial charge in [-0.2, -0.15) is 0 Å². The van der Waals surface area contributed by atoms with Gasteiger partial charge in [-0.25, -0.2) is 0 Å². The maximum Gasteiger partial charge on any atom is 0.302 e. The summed E-state index contributed by atoms with van der Waals surface area (Å²) in [5.74, 6) is -0.287. The molecule has 0 aromatic carbocycles. The van der Waals surface area contributed by atoms with Crippen molar-refractivity contribution in [3.05, 3.63) is 0 Å². The first-order valence-electron chi connectivity index (χ1n) is 13.6. The van der Waals surface area contributed by atoms with Gasteiger partial charge in [0.25, 0.3) is 0 Å². The first kappa shape index (κ1) is 32.3. The molecular formula is C27H54O6. The molecule has 0 unspecified atom stereocenters. The van der Waals surface area contributed by atoms with E-state index in [-0.39, 0.29) is 18.7 Å². The Labute approximate surface area is 204 Å². The van der Waals surface area contributed by atoms with Gasteiger partial charge in [-0.05, 0) is 13.3 Å². The largest absolute Gasteiger partial charge is 0.463 e. The van der Waals surface area contributed by atoms with Crippen LogP contribution in [-0.4, -0.2) is 64.9 Å². The zero-order valence-corrected chi connectivity index (χ0v) is 22.1. The number of ether oxygens (including phenoxy) is 5. The lowest BCUT2D eigenvalue weighted by atomic mass is 10.0. The van der Waals surface area contributed by atoms with E-state index in [0.717, 1.165) is 13.0 Å². The Hall–Kier alpha value is -0.690. The topological polar surface area (TPSA) is 63.2 Å². The van der Waals surface area contributed by atoms with Crippen molar-refractivity contribution in [2.24, 2.45) is 0 Å². The summed E-state index contributed by atoms with van der Waals surface area (Å²) in [7, 11) is 0. The number of rotatable bonds is 27. The molecule has 6 heteroatoms. The summed E-state index contributed by atoms with van der Waals surface area (Å²) < 4.78 is 26.9. The number of hydrogen-bond acceptors (Lipinski definition) is 6. The zero-order valence-electron chi connectivity index (χ0n) is 22.1. The minimum atomic E-state index is -0.287. The molecule has 0 aliphatic rings. The highest BCUT2D eigenvalue weighted by molar-refractivity contribution is 5.65. The lowest BCUT2D eigenvalue weighted by molar-refractivity contribution is -0.142. The van der Waals surface area contributed by atoms with Gasteiger partial charge in [0.05, 0.1) is 45.7 Å². The third-order valence-electron chi connectivity index (χ3n) is 5.53. The molecule has 0 N–H and O–H groups in total. The van der Waals surface area contributed by atoms with Crippen molar-refractivity contribution in [1.82, 2.24) is 0 Å². The van der Waals surface area contributed by atoms with Crippen molar-refractivity contribution >= 4 is 5.97 Å². The number of carbonyl (C=O) groups excluding carboxylic acids is 1. The minimum Gasteiger partial charge on any atom is -0.463 e. The molecule has 1 atom stereocenters. The van der Waals surface area contributed by atoms with Gasteiger partial charge in [-0.15, -0.1) is 0 Å². The molecule has 33 heavy (non-hydrogen) atoms. The second-order valence-corrected chi connectivity index (χ2v) is 8.92. The standard InChI is InChI=1S/C27H54O6/c1-4-5-6-7-8-9-10-11-12-13-14-15-16-17-18-32-26(2)25-31-22-21-29-19-20-30-23-24-33-27(3)28/h26H,4-25H2,1-3H3/t26-/m0/s1. The highest BCUT2D eigenvalue weighted by Gasteiger charge is 2.02. The maximum atomic E-state index is 10.6. The zero-order chi connectivity index (χ0) is 24.2. The monoisotopic (exact) mass is 474 g/mol. The molecule has 0 aliphatic heterocycles. The first-order valence-corrected chi connectivity index (χ1v) is 13.6. The van der Waals surface area contributed by atoms with E-state index in [1.165, 1.54) is 90.4 Å². The van der Waals surface area contributed by atoms with E-state index >= 15 is 0 Å². The molecule has 0 aromatic rings. The lowest BCUT2D eigenvalue weighted by Crippen LogP contribution is -2.19. The second-order valence-electron chi connectivity index (χ2n) is 8.92. The Kier molecular flexibility index (Phi) is 27.0.